The van der Waals surface area contributed by atoms with Crippen LogP contribution >= 0.6 is 15.9 Å². The number of hydrogen-bond acceptors (Lipinski definition) is 6. The fourth-order valence-electron chi connectivity index (χ4n) is 2.91. The minimum absolute atomic E-state index is 0.0327. The normalized spacial score (nSPS) is 10.8. The average Bonchev–Trinajstić information content (AvgIpc) is 3.33. The fraction of sp³-hybridized carbons (Fsp3) is 0.300. The molecule has 30 heavy (non-hydrogen) atoms. The second-order valence-electron chi connectivity index (χ2n) is 6.70. The molecule has 0 bridgehead atoms. The van der Waals surface area contributed by atoms with Gasteiger partial charge in [-0.3, -0.25) is 19.6 Å². The van der Waals surface area contributed by atoms with Crippen molar-refractivity contribution < 1.29 is 18.9 Å². The molecule has 10 heteroatoms. The number of ether oxygens (including phenoxy) is 1. The third-order valence-corrected chi connectivity index (χ3v) is 5.15. The maximum absolute atomic E-state index is 12.7. The van der Waals surface area contributed by atoms with E-state index < -0.39 is 4.92 Å². The van der Waals surface area contributed by atoms with Gasteiger partial charge in [-0.2, -0.15) is 5.10 Å². The largest absolute Gasteiger partial charge is 0.479 e. The number of amides is 1. The second-order valence-corrected chi connectivity index (χ2v) is 7.55. The van der Waals surface area contributed by atoms with Crippen molar-refractivity contribution in [3.8, 4) is 5.75 Å². The van der Waals surface area contributed by atoms with Crippen LogP contribution in [-0.4, -0.2) is 32.6 Å². The second kappa shape index (κ2) is 9.12. The van der Waals surface area contributed by atoms with Gasteiger partial charge in [-0.1, -0.05) is 6.07 Å². The van der Waals surface area contributed by atoms with E-state index in [1.54, 1.807) is 44.4 Å². The third-order valence-electron chi connectivity index (χ3n) is 4.48. The van der Waals surface area contributed by atoms with Crippen molar-refractivity contribution in [1.29, 1.82) is 0 Å². The zero-order chi connectivity index (χ0) is 21.8. The Labute approximate surface area is 181 Å². The summed E-state index contributed by atoms with van der Waals surface area (Å²) < 4.78 is 13.8. The van der Waals surface area contributed by atoms with Crippen molar-refractivity contribution in [1.82, 2.24) is 14.7 Å². The lowest BCUT2D eigenvalue weighted by Gasteiger charge is -2.17. The van der Waals surface area contributed by atoms with Gasteiger partial charge in [-0.25, -0.2) is 0 Å². The van der Waals surface area contributed by atoms with Crippen LogP contribution in [0.15, 0.2) is 45.4 Å². The molecule has 9 nitrogen and oxygen atoms in total. The average molecular weight is 477 g/mol. The highest BCUT2D eigenvalue weighted by molar-refractivity contribution is 9.10. The third kappa shape index (κ3) is 4.70. The summed E-state index contributed by atoms with van der Waals surface area (Å²) in [6, 6.07) is 7.90. The number of rotatable bonds is 8. The van der Waals surface area contributed by atoms with Crippen molar-refractivity contribution in [2.75, 3.05) is 7.05 Å². The predicted octanol–water partition coefficient (Wildman–Crippen LogP) is 4.33. The highest BCUT2D eigenvalue weighted by Crippen LogP contribution is 2.28. The number of carbonyl (C=O) groups excluding carboxylic acids is 1. The quantitative estimate of drug-likeness (QED) is 0.354. The zero-order valence-corrected chi connectivity index (χ0v) is 18.4. The summed E-state index contributed by atoms with van der Waals surface area (Å²) in [5, 5.41) is 15.4. The molecule has 0 aliphatic heterocycles. The van der Waals surface area contributed by atoms with Crippen molar-refractivity contribution in [2.24, 2.45) is 0 Å². The van der Waals surface area contributed by atoms with Crippen LogP contribution in [0.5, 0.6) is 5.75 Å². The van der Waals surface area contributed by atoms with E-state index >= 15 is 0 Å². The van der Waals surface area contributed by atoms with E-state index in [0.717, 1.165) is 15.7 Å². The predicted molar refractivity (Wildman–Crippen MR) is 112 cm³/mol. The van der Waals surface area contributed by atoms with Gasteiger partial charge in [0.2, 0.25) is 0 Å². The van der Waals surface area contributed by atoms with Crippen LogP contribution in [0.2, 0.25) is 0 Å². The highest BCUT2D eigenvalue weighted by atomic mass is 79.9. The molecule has 0 fully saturated rings. The molecule has 0 aliphatic carbocycles. The molecule has 2 aromatic heterocycles. The number of benzene rings is 1. The molecule has 158 valence electrons. The molecule has 0 spiro atoms. The van der Waals surface area contributed by atoms with Crippen LogP contribution in [0.3, 0.4) is 0 Å². The van der Waals surface area contributed by atoms with Gasteiger partial charge in [-0.05, 0) is 53.5 Å². The first-order valence-corrected chi connectivity index (χ1v) is 10.0. The van der Waals surface area contributed by atoms with Crippen LogP contribution in [0.4, 0.5) is 5.69 Å². The summed E-state index contributed by atoms with van der Waals surface area (Å²) in [5.74, 6) is 0.401. The van der Waals surface area contributed by atoms with Crippen LogP contribution in [0, 0.1) is 17.0 Å². The van der Waals surface area contributed by atoms with E-state index in [-0.39, 0.29) is 29.7 Å². The van der Waals surface area contributed by atoms with Crippen molar-refractivity contribution in [2.45, 2.75) is 33.5 Å². The monoisotopic (exact) mass is 476 g/mol. The lowest BCUT2D eigenvalue weighted by molar-refractivity contribution is -0.386. The van der Waals surface area contributed by atoms with Crippen molar-refractivity contribution >= 4 is 27.5 Å². The number of carbonyl (C=O) groups is 1. The SMILES string of the molecule is CCn1ncc(Br)c1CN(C)C(=O)c1ccc(COc2ccc(C)cc2[N+](=O)[O-])o1. The lowest BCUT2D eigenvalue weighted by Crippen LogP contribution is -2.27. The van der Waals surface area contributed by atoms with Crippen molar-refractivity contribution in [3.05, 3.63) is 73.9 Å². The van der Waals surface area contributed by atoms with E-state index in [0.29, 0.717) is 18.8 Å². The molecule has 0 aliphatic rings. The molecular formula is C20H21BrN4O5. The summed E-state index contributed by atoms with van der Waals surface area (Å²) in [4.78, 5) is 24.9. The molecule has 3 aromatic rings. The number of nitro groups is 1. The number of furan rings is 1. The minimum Gasteiger partial charge on any atom is -0.479 e. The van der Waals surface area contributed by atoms with Gasteiger partial charge in [-0.15, -0.1) is 0 Å². The number of nitrogens with zero attached hydrogens (tertiary/aromatic N) is 4. The highest BCUT2D eigenvalue weighted by Gasteiger charge is 2.20. The van der Waals surface area contributed by atoms with E-state index in [4.69, 9.17) is 9.15 Å². The van der Waals surface area contributed by atoms with E-state index in [2.05, 4.69) is 21.0 Å². The Kier molecular flexibility index (Phi) is 6.56. The minimum atomic E-state index is -0.493. The Balaban J connectivity index is 1.67. The van der Waals surface area contributed by atoms with E-state index in [9.17, 15) is 14.9 Å². The summed E-state index contributed by atoms with van der Waals surface area (Å²) in [6.45, 7) is 4.76. The van der Waals surface area contributed by atoms with Crippen molar-refractivity contribution in [3.63, 3.8) is 0 Å². The van der Waals surface area contributed by atoms with Gasteiger partial charge in [0, 0.05) is 19.7 Å². The number of aromatic nitrogens is 2. The van der Waals surface area contributed by atoms with Gasteiger partial charge in [0.25, 0.3) is 5.91 Å². The van der Waals surface area contributed by atoms with E-state index in [1.165, 1.54) is 11.0 Å². The molecule has 0 N–H and O–H groups in total. The smallest absolute Gasteiger partial charge is 0.311 e. The molecule has 0 saturated heterocycles. The van der Waals surface area contributed by atoms with Gasteiger partial charge < -0.3 is 14.1 Å². The van der Waals surface area contributed by atoms with E-state index in [1.807, 2.05) is 11.6 Å². The van der Waals surface area contributed by atoms with Crippen LogP contribution in [0.1, 0.15) is 34.5 Å². The maximum Gasteiger partial charge on any atom is 0.311 e. The number of nitro benzene ring substituents is 1. The first-order chi connectivity index (χ1) is 14.3. The standard InChI is InChI=1S/C20H21BrN4O5/c1-4-24-17(15(21)10-22-24)11-23(3)20(26)19-8-6-14(30-19)12-29-18-7-5-13(2)9-16(18)25(27)28/h5-10H,4,11-12H2,1-3H3. The van der Waals surface area contributed by atoms with Crippen LogP contribution in [0.25, 0.3) is 0 Å². The van der Waals surface area contributed by atoms with Gasteiger partial charge in [0.05, 0.1) is 27.8 Å². The molecule has 0 saturated carbocycles. The van der Waals surface area contributed by atoms with Gasteiger partial charge in [0.1, 0.15) is 12.4 Å². The summed E-state index contributed by atoms with van der Waals surface area (Å²) in [6.07, 6.45) is 1.70. The Morgan fingerprint density at radius 3 is 2.83 bits per heavy atom. The van der Waals surface area contributed by atoms with Crippen LogP contribution < -0.4 is 4.74 Å². The number of aryl methyl sites for hydroxylation is 2. The molecule has 0 unspecified atom stereocenters. The Morgan fingerprint density at radius 2 is 2.13 bits per heavy atom. The molecule has 0 atom stereocenters. The molecule has 1 amide bonds. The Hall–Kier alpha value is -3.14. The summed E-state index contributed by atoms with van der Waals surface area (Å²) >= 11 is 3.45. The first-order valence-electron chi connectivity index (χ1n) is 9.22. The van der Waals surface area contributed by atoms with Gasteiger partial charge in [0.15, 0.2) is 11.5 Å². The molecule has 2 heterocycles. The maximum atomic E-state index is 12.7. The lowest BCUT2D eigenvalue weighted by atomic mass is 10.2. The number of hydrogen-bond donors (Lipinski definition) is 0. The first kappa shape index (κ1) is 21.6. The fourth-order valence-corrected chi connectivity index (χ4v) is 3.34. The molecule has 1 aromatic carbocycles. The van der Waals surface area contributed by atoms with Gasteiger partial charge >= 0.3 is 5.69 Å². The summed E-state index contributed by atoms with van der Waals surface area (Å²) in [7, 11) is 1.68. The Bertz CT molecular complexity index is 1080. The molecular weight excluding hydrogens is 456 g/mol. The molecule has 3 rings (SSSR count). The molecule has 0 radical (unpaired) electrons. The summed E-state index contributed by atoms with van der Waals surface area (Å²) in [5.41, 5.74) is 1.53. The topological polar surface area (TPSA) is 104 Å². The number of halogens is 1. The zero-order valence-electron chi connectivity index (χ0n) is 16.8. The Morgan fingerprint density at radius 1 is 1.37 bits per heavy atom. The van der Waals surface area contributed by atoms with Crippen LogP contribution in [-0.2, 0) is 19.7 Å².